The second-order valence-corrected chi connectivity index (χ2v) is 5.14. The van der Waals surface area contributed by atoms with Crippen LogP contribution >= 0.6 is 0 Å². The third kappa shape index (κ3) is 6.37. The van der Waals surface area contributed by atoms with Crippen LogP contribution in [0.2, 0.25) is 0 Å². The van der Waals surface area contributed by atoms with E-state index in [1.54, 1.807) is 6.92 Å². The topological polar surface area (TPSA) is 46.2 Å². The fraction of sp³-hybridized carbons (Fsp3) is 0.250. The summed E-state index contributed by atoms with van der Waals surface area (Å²) in [6.07, 6.45) is -1.50. The Bertz CT molecular complexity index is 461. The molecule has 0 unspecified atom stereocenters. The molecule has 0 atom stereocenters. The van der Waals surface area contributed by atoms with E-state index >= 15 is 0 Å². The second-order valence-electron chi connectivity index (χ2n) is 3.38. The molecule has 17 heavy (non-hydrogen) atoms. The zero-order valence-corrected chi connectivity index (χ0v) is 13.4. The normalized spacial score (nSPS) is 12.0. The molecule has 0 aromatic heterocycles. The van der Waals surface area contributed by atoms with Crippen molar-refractivity contribution in [1.82, 2.24) is 4.72 Å². The molecule has 0 radical (unpaired) electrons. The molecule has 0 saturated heterocycles. The summed E-state index contributed by atoms with van der Waals surface area (Å²) >= 11 is 0. The van der Waals surface area contributed by atoms with Crippen LogP contribution in [0.3, 0.4) is 0 Å². The van der Waals surface area contributed by atoms with E-state index in [0.717, 1.165) is 5.56 Å². The third-order valence-corrected chi connectivity index (χ3v) is 3.28. The molecule has 9 heteroatoms. The fourth-order valence-corrected chi connectivity index (χ4v) is 2.07. The van der Waals surface area contributed by atoms with E-state index in [1.165, 1.54) is 29.0 Å². The van der Waals surface area contributed by atoms with E-state index in [9.17, 15) is 21.4 Å². The molecule has 0 amide bonds. The summed E-state index contributed by atoms with van der Waals surface area (Å²) in [6, 6.07) is 5.57. The van der Waals surface area contributed by atoms with Crippen molar-refractivity contribution in [1.29, 1.82) is 0 Å². The Morgan fingerprint density at radius 1 is 1.18 bits per heavy atom. The fourth-order valence-electron chi connectivity index (χ4n) is 1.00. The Labute approximate surface area is 141 Å². The molecule has 0 fully saturated rings. The molecule has 1 N–H and O–H groups in total. The maximum absolute atomic E-state index is 11.9. The van der Waals surface area contributed by atoms with Gasteiger partial charge in [0.05, 0.1) is 4.90 Å². The van der Waals surface area contributed by atoms with E-state index in [1.807, 2.05) is 0 Å². The Balaban J connectivity index is 0.00000256. The molecule has 90 valence electrons. The summed E-state index contributed by atoms with van der Waals surface area (Å²) in [6.45, 7) is -3.41. The summed E-state index contributed by atoms with van der Waals surface area (Å²) < 4.78 is 60.0. The van der Waals surface area contributed by atoms with Gasteiger partial charge in [0.2, 0.25) is 10.0 Å². The van der Waals surface area contributed by atoms with E-state index in [4.69, 9.17) is 0 Å². The summed E-state index contributed by atoms with van der Waals surface area (Å²) in [5.41, 5.74) is 0.832. The Morgan fingerprint density at radius 3 is 2.06 bits per heavy atom. The van der Waals surface area contributed by atoms with Gasteiger partial charge in [-0.1, -0.05) is 17.7 Å². The summed E-state index contributed by atoms with van der Waals surface area (Å²) in [5, 5.41) is 0. The molecule has 1 aromatic rings. The minimum atomic E-state index is -5.16. The molecule has 3 nitrogen and oxygen atoms in total. The molecule has 0 bridgehead atoms. The average Bonchev–Trinajstić information content (AvgIpc) is 2.15. The molecule has 0 spiro atoms. The average molecular weight is 291 g/mol. The van der Waals surface area contributed by atoms with Gasteiger partial charge in [-0.2, -0.15) is 0 Å². The third-order valence-electron chi connectivity index (χ3n) is 1.84. The monoisotopic (exact) mass is 291 g/mol. The van der Waals surface area contributed by atoms with Crippen molar-refractivity contribution >= 4 is 17.0 Å². The zero-order chi connectivity index (χ0) is 12.4. The molecule has 0 aliphatic carbocycles. The van der Waals surface area contributed by atoms with Gasteiger partial charge in [0.15, 0.2) is 0 Å². The molecule has 0 heterocycles. The van der Waals surface area contributed by atoms with Crippen molar-refractivity contribution in [3.8, 4) is 0 Å². The standard InChI is InChI=1S/C8H10BF3NO2S.K/c1-7-2-4-8(5-3-7)16(14,15)13-6-9(10,11)12;/h2-5,13H,6H2,1H3;/q-1;+1. The van der Waals surface area contributed by atoms with Crippen molar-refractivity contribution < 1.29 is 72.7 Å². The molecular formula is C8H10BF3KNO2S. The van der Waals surface area contributed by atoms with Gasteiger partial charge in [0, 0.05) is 0 Å². The van der Waals surface area contributed by atoms with Gasteiger partial charge in [-0.05, 0) is 25.5 Å². The van der Waals surface area contributed by atoms with E-state index < -0.39 is 23.4 Å². The molecule has 1 aromatic carbocycles. The predicted molar refractivity (Wildman–Crippen MR) is 55.4 cm³/mol. The van der Waals surface area contributed by atoms with Crippen molar-refractivity contribution in [3.63, 3.8) is 0 Å². The minimum absolute atomic E-state index is 0. The van der Waals surface area contributed by atoms with Crippen LogP contribution in [-0.4, -0.2) is 21.8 Å². The van der Waals surface area contributed by atoms with Gasteiger partial charge in [-0.25, -0.2) is 13.1 Å². The van der Waals surface area contributed by atoms with Crippen LogP contribution in [0.15, 0.2) is 29.2 Å². The number of nitrogens with one attached hydrogen (secondary N) is 1. The van der Waals surface area contributed by atoms with E-state index in [0.29, 0.717) is 0 Å². The maximum Gasteiger partial charge on any atom is 1.00 e. The van der Waals surface area contributed by atoms with Crippen molar-refractivity contribution in [3.05, 3.63) is 29.8 Å². The first-order chi connectivity index (χ1) is 7.21. The number of hydrogen-bond donors (Lipinski definition) is 1. The zero-order valence-electron chi connectivity index (χ0n) is 9.45. The van der Waals surface area contributed by atoms with Crippen molar-refractivity contribution in [2.45, 2.75) is 11.8 Å². The Morgan fingerprint density at radius 2 is 1.65 bits per heavy atom. The first kappa shape index (κ1) is 17.6. The van der Waals surface area contributed by atoms with Crippen LogP contribution in [0.25, 0.3) is 0 Å². The smallest absolute Gasteiger partial charge is 0.448 e. The van der Waals surface area contributed by atoms with Crippen molar-refractivity contribution in [2.75, 3.05) is 6.44 Å². The number of halogens is 3. The van der Waals surface area contributed by atoms with Gasteiger partial charge >= 0.3 is 58.4 Å². The Kier molecular flexibility index (Phi) is 6.94. The molecule has 0 aliphatic heterocycles. The number of rotatable bonds is 4. The largest absolute Gasteiger partial charge is 1.00 e. The van der Waals surface area contributed by atoms with Gasteiger partial charge in [-0.15, -0.1) is 0 Å². The summed E-state index contributed by atoms with van der Waals surface area (Å²) in [7, 11) is -4.06. The van der Waals surface area contributed by atoms with Gasteiger partial charge in [0.1, 0.15) is 0 Å². The second kappa shape index (κ2) is 6.69. The summed E-state index contributed by atoms with van der Waals surface area (Å²) in [5.74, 6) is 0. The number of benzene rings is 1. The van der Waals surface area contributed by atoms with Crippen LogP contribution in [0.4, 0.5) is 12.9 Å². The van der Waals surface area contributed by atoms with Crippen LogP contribution < -0.4 is 56.1 Å². The molecule has 0 saturated carbocycles. The molecular weight excluding hydrogens is 281 g/mol. The van der Waals surface area contributed by atoms with Gasteiger partial charge < -0.3 is 12.9 Å². The molecule has 1 rings (SSSR count). The Hall–Kier alpha value is 0.621. The van der Waals surface area contributed by atoms with E-state index in [-0.39, 0.29) is 56.3 Å². The minimum Gasteiger partial charge on any atom is -0.448 e. The van der Waals surface area contributed by atoms with E-state index in [2.05, 4.69) is 0 Å². The SMILES string of the molecule is Cc1ccc(S(=O)(=O)NC[B-](F)(F)F)cc1.[K+]. The van der Waals surface area contributed by atoms with Crippen molar-refractivity contribution in [2.24, 2.45) is 0 Å². The number of aryl methyl sites for hydroxylation is 1. The molecule has 0 aliphatic rings. The number of hydrogen-bond acceptors (Lipinski definition) is 2. The first-order valence-corrected chi connectivity index (χ1v) is 5.96. The maximum atomic E-state index is 11.9. The van der Waals surface area contributed by atoms with Gasteiger partial charge in [-0.3, -0.25) is 0 Å². The first-order valence-electron chi connectivity index (χ1n) is 4.48. The van der Waals surface area contributed by atoms with Crippen LogP contribution in [0.5, 0.6) is 0 Å². The van der Waals surface area contributed by atoms with Crippen LogP contribution in [-0.2, 0) is 10.0 Å². The number of sulfonamides is 1. The van der Waals surface area contributed by atoms with Gasteiger partial charge in [0.25, 0.3) is 0 Å². The summed E-state index contributed by atoms with van der Waals surface area (Å²) in [4.78, 5) is -0.168. The quantitative estimate of drug-likeness (QED) is 0.698. The predicted octanol–water partition coefficient (Wildman–Crippen LogP) is -1.34. The van der Waals surface area contributed by atoms with Crippen LogP contribution in [0, 0.1) is 6.92 Å². The van der Waals surface area contributed by atoms with Crippen LogP contribution in [0.1, 0.15) is 5.56 Å².